The van der Waals surface area contributed by atoms with E-state index in [1.165, 1.54) is 11.6 Å². The Balaban J connectivity index is 1.55. The first-order valence-corrected chi connectivity index (χ1v) is 10.8. The molecular weight excluding hydrogens is 391 g/mol. The second-order valence-electron chi connectivity index (χ2n) is 8.25. The number of benzene rings is 2. The monoisotopic (exact) mass is 422 g/mol. The molecular formula is C26H31FN2O2. The second kappa shape index (κ2) is 10.9. The Hall–Kier alpha value is -2.92. The highest BCUT2D eigenvalue weighted by atomic mass is 19.1. The average Bonchev–Trinajstić information content (AvgIpc) is 3.23. The molecule has 0 aliphatic rings. The van der Waals surface area contributed by atoms with Crippen LogP contribution in [0.3, 0.4) is 0 Å². The fourth-order valence-corrected chi connectivity index (χ4v) is 3.45. The van der Waals surface area contributed by atoms with Gasteiger partial charge in [-0.05, 0) is 57.4 Å². The van der Waals surface area contributed by atoms with Crippen molar-refractivity contribution in [2.75, 3.05) is 0 Å². The molecule has 0 spiro atoms. The number of halogens is 1. The first-order chi connectivity index (χ1) is 14.9. The predicted octanol–water partition coefficient (Wildman–Crippen LogP) is 5.58. The highest BCUT2D eigenvalue weighted by molar-refractivity contribution is 5.91. The number of nitrogens with zero attached hydrogens (tertiary/aromatic N) is 1. The third kappa shape index (κ3) is 6.79. The Labute approximate surface area is 184 Å². The van der Waals surface area contributed by atoms with Gasteiger partial charge in [0.2, 0.25) is 0 Å². The third-order valence-electron chi connectivity index (χ3n) is 5.39. The predicted molar refractivity (Wildman–Crippen MR) is 121 cm³/mol. The molecule has 1 unspecified atom stereocenters. The first-order valence-electron chi connectivity index (χ1n) is 10.8. The van der Waals surface area contributed by atoms with Gasteiger partial charge in [0.15, 0.2) is 5.76 Å². The number of amides is 1. The van der Waals surface area contributed by atoms with Gasteiger partial charge in [0.05, 0.1) is 6.54 Å². The molecule has 31 heavy (non-hydrogen) atoms. The lowest BCUT2D eigenvalue weighted by Crippen LogP contribution is -2.32. The molecule has 1 atom stereocenters. The van der Waals surface area contributed by atoms with E-state index in [4.69, 9.17) is 4.42 Å². The van der Waals surface area contributed by atoms with Crippen molar-refractivity contribution < 1.29 is 13.6 Å². The summed E-state index contributed by atoms with van der Waals surface area (Å²) >= 11 is 0. The molecule has 0 bridgehead atoms. The lowest BCUT2D eigenvalue weighted by Gasteiger charge is -2.25. The minimum absolute atomic E-state index is 0.0366. The normalized spacial score (nSPS) is 12.3. The van der Waals surface area contributed by atoms with Gasteiger partial charge in [0.25, 0.3) is 5.91 Å². The number of nitrogens with one attached hydrogen (secondary N) is 1. The zero-order valence-electron chi connectivity index (χ0n) is 18.5. The van der Waals surface area contributed by atoms with Crippen LogP contribution in [0.2, 0.25) is 0 Å². The van der Waals surface area contributed by atoms with Crippen LogP contribution in [-0.4, -0.2) is 22.9 Å². The summed E-state index contributed by atoms with van der Waals surface area (Å²) in [7, 11) is 0. The van der Waals surface area contributed by atoms with E-state index in [1.54, 1.807) is 18.2 Å². The van der Waals surface area contributed by atoms with Crippen LogP contribution in [0.1, 0.15) is 54.6 Å². The van der Waals surface area contributed by atoms with Crippen LogP contribution in [0.25, 0.3) is 0 Å². The maximum Gasteiger partial charge on any atom is 0.287 e. The van der Waals surface area contributed by atoms with E-state index in [0.29, 0.717) is 30.2 Å². The SMILES string of the molecule is CC(CCc1ccccc1)NC(=O)c1ccc(CN(Cc2ccccc2F)C(C)C)o1. The molecule has 0 fully saturated rings. The van der Waals surface area contributed by atoms with Gasteiger partial charge in [0.1, 0.15) is 11.6 Å². The number of carbonyl (C=O) groups is 1. The van der Waals surface area contributed by atoms with Crippen LogP contribution >= 0.6 is 0 Å². The largest absolute Gasteiger partial charge is 0.455 e. The van der Waals surface area contributed by atoms with Gasteiger partial charge < -0.3 is 9.73 Å². The van der Waals surface area contributed by atoms with Gasteiger partial charge in [0, 0.05) is 24.2 Å². The molecule has 0 aliphatic carbocycles. The molecule has 2 aromatic carbocycles. The van der Waals surface area contributed by atoms with Crippen molar-refractivity contribution in [1.29, 1.82) is 0 Å². The molecule has 0 saturated carbocycles. The van der Waals surface area contributed by atoms with Gasteiger partial charge >= 0.3 is 0 Å². The minimum atomic E-state index is -0.211. The molecule has 0 aliphatic heterocycles. The summed E-state index contributed by atoms with van der Waals surface area (Å²) in [5, 5.41) is 3.01. The van der Waals surface area contributed by atoms with Crippen molar-refractivity contribution in [2.24, 2.45) is 0 Å². The minimum Gasteiger partial charge on any atom is -0.455 e. The molecule has 5 heteroatoms. The van der Waals surface area contributed by atoms with E-state index < -0.39 is 0 Å². The lowest BCUT2D eigenvalue weighted by molar-refractivity contribution is 0.0905. The molecule has 1 aromatic heterocycles. The number of furan rings is 1. The summed E-state index contributed by atoms with van der Waals surface area (Å²) in [6.07, 6.45) is 1.76. The van der Waals surface area contributed by atoms with E-state index in [0.717, 1.165) is 12.8 Å². The van der Waals surface area contributed by atoms with Crippen LogP contribution < -0.4 is 5.32 Å². The van der Waals surface area contributed by atoms with Crippen LogP contribution in [0.4, 0.5) is 4.39 Å². The summed E-state index contributed by atoms with van der Waals surface area (Å²) in [6, 6.07) is 20.8. The molecule has 3 rings (SSSR count). The number of hydrogen-bond donors (Lipinski definition) is 1. The van der Waals surface area contributed by atoms with E-state index in [2.05, 4.69) is 36.2 Å². The quantitative estimate of drug-likeness (QED) is 0.464. The number of aryl methyl sites for hydroxylation is 1. The summed E-state index contributed by atoms with van der Waals surface area (Å²) in [5.41, 5.74) is 1.90. The maximum absolute atomic E-state index is 14.1. The van der Waals surface area contributed by atoms with E-state index in [-0.39, 0.29) is 23.8 Å². The zero-order valence-corrected chi connectivity index (χ0v) is 18.5. The summed E-state index contributed by atoms with van der Waals surface area (Å²) in [5.74, 6) is 0.567. The number of hydrogen-bond acceptors (Lipinski definition) is 3. The van der Waals surface area contributed by atoms with Gasteiger partial charge in [-0.1, -0.05) is 48.5 Å². The summed E-state index contributed by atoms with van der Waals surface area (Å²) in [4.78, 5) is 14.7. The molecule has 1 N–H and O–H groups in total. The maximum atomic E-state index is 14.1. The second-order valence-corrected chi connectivity index (χ2v) is 8.25. The van der Waals surface area contributed by atoms with E-state index in [9.17, 15) is 9.18 Å². The highest BCUT2D eigenvalue weighted by Crippen LogP contribution is 2.17. The van der Waals surface area contributed by atoms with Crippen LogP contribution in [0.5, 0.6) is 0 Å². The van der Waals surface area contributed by atoms with Gasteiger partial charge in [-0.25, -0.2) is 4.39 Å². The Morgan fingerprint density at radius 3 is 2.39 bits per heavy atom. The Morgan fingerprint density at radius 1 is 0.968 bits per heavy atom. The molecule has 1 heterocycles. The number of rotatable bonds is 10. The lowest BCUT2D eigenvalue weighted by atomic mass is 10.1. The Kier molecular flexibility index (Phi) is 8.01. The van der Waals surface area contributed by atoms with Crippen molar-refractivity contribution in [3.05, 3.63) is 95.2 Å². The smallest absolute Gasteiger partial charge is 0.287 e. The third-order valence-corrected chi connectivity index (χ3v) is 5.39. The number of carbonyl (C=O) groups excluding carboxylic acids is 1. The van der Waals surface area contributed by atoms with Crippen molar-refractivity contribution in [3.8, 4) is 0 Å². The molecule has 164 valence electrons. The Bertz CT molecular complexity index is 968. The van der Waals surface area contributed by atoms with Crippen LogP contribution in [-0.2, 0) is 19.5 Å². The molecule has 3 aromatic rings. The van der Waals surface area contributed by atoms with Crippen molar-refractivity contribution >= 4 is 5.91 Å². The van der Waals surface area contributed by atoms with Crippen molar-refractivity contribution in [1.82, 2.24) is 10.2 Å². The van der Waals surface area contributed by atoms with E-state index >= 15 is 0 Å². The zero-order chi connectivity index (χ0) is 22.2. The van der Waals surface area contributed by atoms with Gasteiger partial charge in [-0.3, -0.25) is 9.69 Å². The van der Waals surface area contributed by atoms with Crippen molar-refractivity contribution in [2.45, 2.75) is 58.8 Å². The van der Waals surface area contributed by atoms with E-state index in [1.807, 2.05) is 37.3 Å². The Morgan fingerprint density at radius 2 is 1.68 bits per heavy atom. The molecule has 1 amide bonds. The molecule has 0 radical (unpaired) electrons. The average molecular weight is 423 g/mol. The van der Waals surface area contributed by atoms with Gasteiger partial charge in [-0.15, -0.1) is 0 Å². The highest BCUT2D eigenvalue weighted by Gasteiger charge is 2.18. The summed E-state index contributed by atoms with van der Waals surface area (Å²) in [6.45, 7) is 7.10. The molecule has 0 saturated heterocycles. The standard InChI is InChI=1S/C26H31FN2O2/c1-19(2)29(17-22-11-7-8-12-24(22)27)18-23-15-16-25(31-23)26(30)28-20(3)13-14-21-9-5-4-6-10-21/h4-12,15-16,19-20H,13-14,17-18H2,1-3H3,(H,28,30). The summed E-state index contributed by atoms with van der Waals surface area (Å²) < 4.78 is 19.9. The topological polar surface area (TPSA) is 45.5 Å². The molecule has 4 nitrogen and oxygen atoms in total. The van der Waals surface area contributed by atoms with Crippen LogP contribution in [0, 0.1) is 5.82 Å². The van der Waals surface area contributed by atoms with Crippen LogP contribution in [0.15, 0.2) is 71.1 Å². The fraction of sp³-hybridized carbons (Fsp3) is 0.346. The first kappa shape index (κ1) is 22.8. The van der Waals surface area contributed by atoms with Gasteiger partial charge in [-0.2, -0.15) is 0 Å². The fourth-order valence-electron chi connectivity index (χ4n) is 3.45. The van der Waals surface area contributed by atoms with Crippen molar-refractivity contribution in [3.63, 3.8) is 0 Å².